The second kappa shape index (κ2) is 6.54. The van der Waals surface area contributed by atoms with Crippen LogP contribution in [-0.4, -0.2) is 31.1 Å². The second-order valence-corrected chi connectivity index (χ2v) is 7.31. The first-order valence-electron chi connectivity index (χ1n) is 9.35. The Morgan fingerprint density at radius 3 is 2.86 bits per heavy atom. The lowest BCUT2D eigenvalue weighted by Crippen LogP contribution is -2.10. The second-order valence-electron chi connectivity index (χ2n) is 7.31. The quantitative estimate of drug-likeness (QED) is 0.379. The predicted octanol–water partition coefficient (Wildman–Crippen LogP) is 4.72. The van der Waals surface area contributed by atoms with Gasteiger partial charge in [-0.05, 0) is 42.1 Å². The number of nitrogens with one attached hydrogen (secondary N) is 4. The largest absolute Gasteiger partial charge is 0.361 e. The zero-order valence-corrected chi connectivity index (χ0v) is 15.6. The molecule has 0 bridgehead atoms. The summed E-state index contributed by atoms with van der Waals surface area (Å²) in [5, 5.41) is 14.2. The van der Waals surface area contributed by atoms with Crippen LogP contribution in [0.3, 0.4) is 0 Å². The van der Waals surface area contributed by atoms with E-state index in [1.165, 1.54) is 0 Å². The maximum atomic E-state index is 13.2. The molecule has 29 heavy (non-hydrogen) atoms. The number of H-pyrrole nitrogens is 2. The van der Waals surface area contributed by atoms with Gasteiger partial charge in [-0.1, -0.05) is 6.07 Å². The monoisotopic (exact) mass is 395 g/mol. The Labute approximate surface area is 165 Å². The highest BCUT2D eigenvalue weighted by Crippen LogP contribution is 2.55. The number of hydrogen-bond acceptors (Lipinski definition) is 5. The highest BCUT2D eigenvalue weighted by molar-refractivity contribution is 5.80. The number of halogens is 2. The Morgan fingerprint density at radius 1 is 1.17 bits per heavy atom. The predicted molar refractivity (Wildman–Crippen MR) is 107 cm³/mol. The lowest BCUT2D eigenvalue weighted by Gasteiger charge is -2.15. The molecule has 2 unspecified atom stereocenters. The third kappa shape index (κ3) is 3.51. The van der Waals surface area contributed by atoms with Crippen molar-refractivity contribution in [2.75, 3.05) is 10.6 Å². The number of anilines is 3. The number of rotatable bonds is 6. The molecule has 148 valence electrons. The first-order chi connectivity index (χ1) is 14.0. The summed E-state index contributed by atoms with van der Waals surface area (Å²) < 4.78 is 26.4. The van der Waals surface area contributed by atoms with E-state index in [9.17, 15) is 8.78 Å². The molecular weight excluding hydrogens is 376 g/mol. The van der Waals surface area contributed by atoms with Crippen molar-refractivity contribution in [2.45, 2.75) is 31.2 Å². The number of fused-ring (bicyclic) bond motifs is 1. The minimum absolute atomic E-state index is 0.00126. The van der Waals surface area contributed by atoms with Gasteiger partial charge in [-0.25, -0.2) is 13.8 Å². The third-order valence-electron chi connectivity index (χ3n) is 5.13. The van der Waals surface area contributed by atoms with Crippen molar-refractivity contribution < 1.29 is 8.78 Å². The lowest BCUT2D eigenvalue weighted by atomic mass is 10.1. The van der Waals surface area contributed by atoms with E-state index in [2.05, 4.69) is 47.9 Å². The lowest BCUT2D eigenvalue weighted by molar-refractivity contribution is 0.111. The van der Waals surface area contributed by atoms with E-state index < -0.39 is 11.8 Å². The van der Waals surface area contributed by atoms with Crippen LogP contribution in [0.2, 0.25) is 0 Å². The molecule has 4 N–H and O–H groups in total. The van der Waals surface area contributed by atoms with Crippen LogP contribution in [-0.2, 0) is 0 Å². The molecule has 1 saturated carbocycles. The van der Waals surface area contributed by atoms with Gasteiger partial charge in [0.15, 0.2) is 5.82 Å². The summed E-state index contributed by atoms with van der Waals surface area (Å²) in [5.41, 5.74) is 2.63. The first kappa shape index (κ1) is 17.6. The van der Waals surface area contributed by atoms with Gasteiger partial charge < -0.3 is 15.6 Å². The molecule has 0 amide bonds. The van der Waals surface area contributed by atoms with Gasteiger partial charge in [0.05, 0.1) is 12.0 Å². The number of benzene rings is 1. The van der Waals surface area contributed by atoms with Gasteiger partial charge in [0.2, 0.25) is 5.95 Å². The molecule has 0 aliphatic heterocycles. The summed E-state index contributed by atoms with van der Waals surface area (Å²) in [6, 6.07) is 11.5. The average molecular weight is 395 g/mol. The van der Waals surface area contributed by atoms with Gasteiger partial charge in [0.1, 0.15) is 5.82 Å². The van der Waals surface area contributed by atoms with Gasteiger partial charge in [0.25, 0.3) is 5.92 Å². The van der Waals surface area contributed by atoms with E-state index in [-0.39, 0.29) is 12.5 Å². The van der Waals surface area contributed by atoms with E-state index in [1.54, 1.807) is 18.3 Å². The molecule has 1 aliphatic carbocycles. The van der Waals surface area contributed by atoms with Crippen LogP contribution < -0.4 is 10.6 Å². The van der Waals surface area contributed by atoms with Crippen molar-refractivity contribution in [3.05, 3.63) is 60.0 Å². The topological polar surface area (TPSA) is 94.3 Å². The number of alkyl halides is 2. The maximum Gasteiger partial charge on any atom is 0.257 e. The minimum Gasteiger partial charge on any atom is -0.361 e. The number of aromatic amines is 2. The number of hydrogen-bond donors (Lipinski definition) is 4. The highest BCUT2D eigenvalue weighted by Gasteiger charge is 2.58. The molecule has 1 fully saturated rings. The average Bonchev–Trinajstić information content (AvgIpc) is 3.08. The summed E-state index contributed by atoms with van der Waals surface area (Å²) in [6.45, 7) is 2.03. The van der Waals surface area contributed by atoms with Crippen LogP contribution in [0.1, 0.15) is 36.6 Å². The van der Waals surface area contributed by atoms with Crippen LogP contribution in [0.15, 0.2) is 48.8 Å². The fourth-order valence-corrected chi connectivity index (χ4v) is 3.38. The Bertz CT molecular complexity index is 1170. The Kier molecular flexibility index (Phi) is 3.97. The standard InChI is InChI=1S/C20H19F2N7/c1-11(12-2-3-15-13(8-12)4-6-23-15)25-19-24-7-5-17(27-19)26-18-9-16(28-29-18)14-10-20(14,21)22/h2-9,11,14,23H,10H2,1H3,(H3,24,25,26,27,28,29). The number of nitrogens with zero attached hydrogens (tertiary/aromatic N) is 3. The van der Waals surface area contributed by atoms with Gasteiger partial charge in [-0.2, -0.15) is 10.1 Å². The maximum absolute atomic E-state index is 13.2. The van der Waals surface area contributed by atoms with E-state index in [4.69, 9.17) is 0 Å². The summed E-state index contributed by atoms with van der Waals surface area (Å²) in [4.78, 5) is 11.9. The minimum atomic E-state index is -2.63. The number of aromatic nitrogens is 5. The molecule has 4 aromatic rings. The van der Waals surface area contributed by atoms with Gasteiger partial charge in [-0.15, -0.1) is 0 Å². The molecule has 9 heteroatoms. The van der Waals surface area contributed by atoms with Crippen LogP contribution in [0.5, 0.6) is 0 Å². The summed E-state index contributed by atoms with van der Waals surface area (Å²) in [5.74, 6) is -1.97. The van der Waals surface area contributed by atoms with Crippen LogP contribution in [0.25, 0.3) is 10.9 Å². The Balaban J connectivity index is 1.28. The molecular formula is C20H19F2N7. The van der Waals surface area contributed by atoms with E-state index in [0.29, 0.717) is 23.3 Å². The van der Waals surface area contributed by atoms with Crippen molar-refractivity contribution in [2.24, 2.45) is 0 Å². The van der Waals surface area contributed by atoms with Crippen molar-refractivity contribution in [1.29, 1.82) is 0 Å². The third-order valence-corrected chi connectivity index (χ3v) is 5.13. The summed E-state index contributed by atoms with van der Waals surface area (Å²) >= 11 is 0. The molecule has 0 radical (unpaired) electrons. The molecule has 5 rings (SSSR count). The van der Waals surface area contributed by atoms with Crippen molar-refractivity contribution in [3.63, 3.8) is 0 Å². The molecule has 3 heterocycles. The molecule has 1 aliphatic rings. The summed E-state index contributed by atoms with van der Waals surface area (Å²) in [7, 11) is 0. The molecule has 0 spiro atoms. The van der Waals surface area contributed by atoms with Crippen LogP contribution in [0, 0.1) is 0 Å². The molecule has 1 aromatic carbocycles. The van der Waals surface area contributed by atoms with Gasteiger partial charge in [0, 0.05) is 36.1 Å². The fourth-order valence-electron chi connectivity index (χ4n) is 3.38. The van der Waals surface area contributed by atoms with E-state index in [0.717, 1.165) is 16.5 Å². The molecule has 7 nitrogen and oxygen atoms in total. The smallest absolute Gasteiger partial charge is 0.257 e. The summed E-state index contributed by atoms with van der Waals surface area (Å²) in [6.07, 6.45) is 3.40. The van der Waals surface area contributed by atoms with Gasteiger partial charge in [-0.3, -0.25) is 5.10 Å². The van der Waals surface area contributed by atoms with Crippen molar-refractivity contribution >= 4 is 28.5 Å². The van der Waals surface area contributed by atoms with Crippen molar-refractivity contribution in [1.82, 2.24) is 25.1 Å². The Hall–Kier alpha value is -3.49. The zero-order valence-electron chi connectivity index (χ0n) is 15.6. The fraction of sp³-hybridized carbons (Fsp3) is 0.250. The van der Waals surface area contributed by atoms with Gasteiger partial charge >= 0.3 is 0 Å². The van der Waals surface area contributed by atoms with Crippen LogP contribution in [0.4, 0.5) is 26.4 Å². The van der Waals surface area contributed by atoms with E-state index >= 15 is 0 Å². The molecule has 2 atom stereocenters. The van der Waals surface area contributed by atoms with Crippen molar-refractivity contribution in [3.8, 4) is 0 Å². The SMILES string of the molecule is CC(Nc1nccc(Nc2cc(C3CC3(F)F)[nH]n2)n1)c1ccc2[nH]ccc2c1. The Morgan fingerprint density at radius 2 is 2.03 bits per heavy atom. The normalized spacial score (nSPS) is 18.5. The highest BCUT2D eigenvalue weighted by atomic mass is 19.3. The molecule has 0 saturated heterocycles. The first-order valence-corrected chi connectivity index (χ1v) is 9.35. The van der Waals surface area contributed by atoms with E-state index in [1.807, 2.05) is 25.3 Å². The molecule has 3 aromatic heterocycles. The van der Waals surface area contributed by atoms with Crippen LogP contribution >= 0.6 is 0 Å². The zero-order chi connectivity index (χ0) is 20.0.